The topological polar surface area (TPSA) is 154 Å². The molecule has 2 aromatic heterocycles. The van der Waals surface area contributed by atoms with E-state index in [4.69, 9.17) is 29.2 Å². The van der Waals surface area contributed by atoms with Crippen molar-refractivity contribution in [3.8, 4) is 0 Å². The molecule has 4 rings (SSSR count). The smallest absolute Gasteiger partial charge is 0.353 e. The molecule has 2 radical (unpaired) electrons. The Morgan fingerprint density at radius 1 is 1.28 bits per heavy atom. The number of thioether (sulfide) groups is 1. The molecular weight excluding hydrogens is 567 g/mol. The van der Waals surface area contributed by atoms with Gasteiger partial charge in [0.15, 0.2) is 11.5 Å². The molecule has 0 bridgehead atoms. The number of hydrogen-bond donors (Lipinski definition) is 1. The maximum atomic E-state index is 13.4. The van der Waals surface area contributed by atoms with E-state index in [1.165, 1.54) is 41.8 Å². The molecule has 4 heterocycles. The largest absolute Gasteiger partial charge is 0.457 e. The van der Waals surface area contributed by atoms with Crippen LogP contribution in [0.2, 0.25) is 0 Å². The number of tetrazole rings is 1. The lowest BCUT2D eigenvalue weighted by Crippen LogP contribution is -2.71. The zero-order chi connectivity index (χ0) is 28.7. The van der Waals surface area contributed by atoms with Gasteiger partial charge in [-0.2, -0.15) is 0 Å². The number of thiazole rings is 1. The van der Waals surface area contributed by atoms with Gasteiger partial charge in [0.2, 0.25) is 11.5 Å². The number of β-lactam (4-membered cyclic amide) rings is 1. The molecule has 0 aliphatic carbocycles. The molecule has 0 saturated carbocycles. The summed E-state index contributed by atoms with van der Waals surface area (Å²) in [7, 11) is 5.55. The lowest BCUT2D eigenvalue weighted by atomic mass is 9.98. The second kappa shape index (κ2) is 10.9. The standard InChI is InChI=1S/C22H26BClN8O5S2/c1-10-25-12(9-38-10)13(29-37-22(5,6)20(35)36-21(2,3)4)17(33)26-14-18(34)31-15(16-27-30-32(23)28-16)11(7-24)8-39-19(14)31/h8-9,14-15,19H,7H2,1-6H3,(H,26,33)/b29-13-/t14-,15-,19-/m1/s1. The average Bonchev–Trinajstić information content (AvgIpc) is 3.48. The van der Waals surface area contributed by atoms with Gasteiger partial charge in [0.05, 0.1) is 5.01 Å². The first kappa shape index (κ1) is 29.0. The van der Waals surface area contributed by atoms with Gasteiger partial charge in [-0.1, -0.05) is 10.4 Å². The molecule has 3 atom stereocenters. The van der Waals surface area contributed by atoms with Crippen molar-refractivity contribution in [3.05, 3.63) is 32.9 Å². The predicted molar refractivity (Wildman–Crippen MR) is 145 cm³/mol. The van der Waals surface area contributed by atoms with Gasteiger partial charge in [-0.15, -0.1) is 44.9 Å². The third-order valence-corrected chi connectivity index (χ3v) is 7.83. The van der Waals surface area contributed by atoms with Crippen LogP contribution in [0.15, 0.2) is 21.5 Å². The van der Waals surface area contributed by atoms with Crippen LogP contribution in [0.5, 0.6) is 0 Å². The van der Waals surface area contributed by atoms with E-state index in [9.17, 15) is 14.4 Å². The number of hydrogen-bond acceptors (Lipinski definition) is 12. The van der Waals surface area contributed by atoms with Crippen molar-refractivity contribution in [2.45, 2.75) is 70.2 Å². The number of amides is 2. The molecule has 1 N–H and O–H groups in total. The molecule has 2 aliphatic rings. The maximum Gasteiger partial charge on any atom is 0.353 e. The molecule has 0 unspecified atom stereocenters. The highest BCUT2D eigenvalue weighted by atomic mass is 35.5. The van der Waals surface area contributed by atoms with E-state index < -0.39 is 40.5 Å². The van der Waals surface area contributed by atoms with Crippen LogP contribution >= 0.6 is 34.7 Å². The average molecular weight is 593 g/mol. The molecule has 2 amide bonds. The van der Waals surface area contributed by atoms with Crippen LogP contribution in [-0.2, 0) is 24.0 Å². The van der Waals surface area contributed by atoms with Crippen LogP contribution in [0.1, 0.15) is 57.2 Å². The van der Waals surface area contributed by atoms with Gasteiger partial charge in [0.25, 0.3) is 13.9 Å². The number of halogens is 1. The van der Waals surface area contributed by atoms with Crippen molar-refractivity contribution < 1.29 is 24.0 Å². The highest BCUT2D eigenvalue weighted by molar-refractivity contribution is 8.02. The zero-order valence-corrected chi connectivity index (χ0v) is 24.4. The predicted octanol–water partition coefficient (Wildman–Crippen LogP) is 1.47. The van der Waals surface area contributed by atoms with Crippen molar-refractivity contribution in [3.63, 3.8) is 0 Å². The van der Waals surface area contributed by atoms with Crippen LogP contribution in [0.3, 0.4) is 0 Å². The van der Waals surface area contributed by atoms with E-state index in [2.05, 4.69) is 30.9 Å². The number of rotatable bonds is 8. The number of nitrogens with one attached hydrogen (secondary N) is 1. The first-order chi connectivity index (χ1) is 18.2. The number of aryl methyl sites for hydroxylation is 1. The first-order valence-electron chi connectivity index (χ1n) is 11.7. The number of esters is 1. The van der Waals surface area contributed by atoms with Crippen LogP contribution in [0.25, 0.3) is 0 Å². The Kier molecular flexibility index (Phi) is 8.10. The van der Waals surface area contributed by atoms with E-state index in [0.717, 1.165) is 4.71 Å². The molecule has 0 aromatic carbocycles. The number of ether oxygens (including phenoxy) is 1. The van der Waals surface area contributed by atoms with Crippen LogP contribution < -0.4 is 5.32 Å². The Morgan fingerprint density at radius 3 is 2.56 bits per heavy atom. The summed E-state index contributed by atoms with van der Waals surface area (Å²) < 4.78 is 6.20. The normalized spacial score (nSPS) is 21.6. The van der Waals surface area contributed by atoms with Crippen molar-refractivity contribution in [1.82, 2.24) is 35.3 Å². The molecule has 0 spiro atoms. The van der Waals surface area contributed by atoms with Crippen molar-refractivity contribution >= 4 is 66.2 Å². The van der Waals surface area contributed by atoms with Gasteiger partial charge in [-0.3, -0.25) is 9.59 Å². The SMILES string of the molecule is [B]n1nnc([C@H]2C(CCl)=CS[C@@H]3[C@H](NC(=O)/C(=N\OC(C)(C)C(=O)OC(C)(C)C)c4csc(C)n4)C(=O)N23)n1. The third kappa shape index (κ3) is 6.12. The zero-order valence-electron chi connectivity index (χ0n) is 22.0. The lowest BCUT2D eigenvalue weighted by molar-refractivity contribution is -0.179. The molecule has 2 aliphatic heterocycles. The fraction of sp³-hybridized carbons (Fsp3) is 0.545. The van der Waals surface area contributed by atoms with E-state index in [-0.39, 0.29) is 29.0 Å². The molecule has 1 saturated heterocycles. The summed E-state index contributed by atoms with van der Waals surface area (Å²) in [4.78, 5) is 50.7. The van der Waals surface area contributed by atoms with Gasteiger partial charge in [-0.25, -0.2) is 14.5 Å². The molecule has 17 heteroatoms. The Bertz CT molecular complexity index is 1350. The Hall–Kier alpha value is -2.98. The van der Waals surface area contributed by atoms with Crippen molar-refractivity contribution in [2.75, 3.05) is 5.88 Å². The fourth-order valence-electron chi connectivity index (χ4n) is 3.66. The van der Waals surface area contributed by atoms with Crippen molar-refractivity contribution in [2.24, 2.45) is 5.16 Å². The first-order valence-corrected chi connectivity index (χ1v) is 14.1. The number of nitrogens with zero attached hydrogens (tertiary/aromatic N) is 7. The van der Waals surface area contributed by atoms with Crippen LogP contribution in [0, 0.1) is 6.92 Å². The van der Waals surface area contributed by atoms with Gasteiger partial charge in [0, 0.05) is 11.3 Å². The summed E-state index contributed by atoms with van der Waals surface area (Å²) in [5.74, 6) is -1.39. The molecule has 13 nitrogen and oxygen atoms in total. The lowest BCUT2D eigenvalue weighted by Gasteiger charge is -2.51. The third-order valence-electron chi connectivity index (χ3n) is 5.53. The summed E-state index contributed by atoms with van der Waals surface area (Å²) in [5, 5.41) is 22.0. The van der Waals surface area contributed by atoms with E-state index in [1.807, 2.05) is 5.41 Å². The summed E-state index contributed by atoms with van der Waals surface area (Å²) >= 11 is 8.74. The number of carbonyl (C=O) groups is 3. The number of oxime groups is 1. The van der Waals surface area contributed by atoms with Gasteiger partial charge < -0.3 is 19.8 Å². The molecule has 1 fully saturated rings. The van der Waals surface area contributed by atoms with Crippen molar-refractivity contribution in [1.29, 1.82) is 0 Å². The highest BCUT2D eigenvalue weighted by Gasteiger charge is 2.55. The minimum atomic E-state index is -1.50. The second-order valence-electron chi connectivity index (χ2n) is 10.2. The van der Waals surface area contributed by atoms with E-state index in [0.29, 0.717) is 10.6 Å². The number of aromatic nitrogens is 5. The monoisotopic (exact) mass is 592 g/mol. The number of fused-ring (bicyclic) bond motifs is 1. The number of alkyl halides is 1. The molecule has 2 aromatic rings. The Labute approximate surface area is 239 Å². The maximum absolute atomic E-state index is 13.4. The van der Waals surface area contributed by atoms with Gasteiger partial charge >= 0.3 is 5.97 Å². The highest BCUT2D eigenvalue weighted by Crippen LogP contribution is 2.45. The molecule has 39 heavy (non-hydrogen) atoms. The van der Waals surface area contributed by atoms with E-state index in [1.54, 1.807) is 33.1 Å². The Balaban J connectivity index is 1.55. The molecule has 206 valence electrons. The van der Waals surface area contributed by atoms with Gasteiger partial charge in [0.1, 0.15) is 28.8 Å². The summed E-state index contributed by atoms with van der Waals surface area (Å²) in [6.45, 7) is 9.91. The minimum Gasteiger partial charge on any atom is -0.457 e. The number of carbonyl (C=O) groups excluding carboxylic acids is 3. The molecular formula is C22H26BClN8O5S2. The van der Waals surface area contributed by atoms with Crippen LogP contribution in [-0.4, -0.2) is 90.0 Å². The summed E-state index contributed by atoms with van der Waals surface area (Å²) in [5.41, 5.74) is -1.51. The quantitative estimate of drug-likeness (QED) is 0.119. The summed E-state index contributed by atoms with van der Waals surface area (Å²) in [6.07, 6.45) is 0. The summed E-state index contributed by atoms with van der Waals surface area (Å²) in [6, 6.07) is -1.56. The second-order valence-corrected chi connectivity index (χ2v) is 12.5. The fourth-order valence-corrected chi connectivity index (χ4v) is 5.80. The van der Waals surface area contributed by atoms with Crippen LogP contribution in [0.4, 0.5) is 0 Å². The van der Waals surface area contributed by atoms with E-state index >= 15 is 0 Å². The van der Waals surface area contributed by atoms with Gasteiger partial charge in [-0.05, 0) is 52.5 Å². The Morgan fingerprint density at radius 2 is 2.00 bits per heavy atom. The minimum absolute atomic E-state index is 0.134.